The van der Waals surface area contributed by atoms with Gasteiger partial charge >= 0.3 is 0 Å². The summed E-state index contributed by atoms with van der Waals surface area (Å²) in [6.07, 6.45) is 3.50. The van der Waals surface area contributed by atoms with E-state index in [1.165, 1.54) is 12.1 Å². The minimum Gasteiger partial charge on any atom is -0.381 e. The van der Waals surface area contributed by atoms with E-state index >= 15 is 0 Å². The minimum atomic E-state index is -0.239. The fourth-order valence-electron chi connectivity index (χ4n) is 1.36. The van der Waals surface area contributed by atoms with Crippen molar-refractivity contribution in [2.24, 2.45) is 0 Å². The summed E-state index contributed by atoms with van der Waals surface area (Å²) in [5.74, 6) is -0.239. The molecule has 82 valence electrons. The van der Waals surface area contributed by atoms with E-state index in [2.05, 4.69) is 26.2 Å². The highest BCUT2D eigenvalue weighted by molar-refractivity contribution is 9.10. The number of hydrogen-bond acceptors (Lipinski definition) is 2. The van der Waals surface area contributed by atoms with Gasteiger partial charge in [0.15, 0.2) is 0 Å². The fourth-order valence-corrected chi connectivity index (χ4v) is 1.77. The first-order chi connectivity index (χ1) is 7.74. The van der Waals surface area contributed by atoms with Crippen LogP contribution in [0.1, 0.15) is 5.56 Å². The van der Waals surface area contributed by atoms with Gasteiger partial charge in [-0.15, -0.1) is 0 Å². The molecular weight excluding hydrogens is 271 g/mol. The second kappa shape index (κ2) is 5.07. The smallest absolute Gasteiger partial charge is 0.125 e. The summed E-state index contributed by atoms with van der Waals surface area (Å²) in [5.41, 5.74) is 1.80. The van der Waals surface area contributed by atoms with Crippen LogP contribution in [0, 0.1) is 5.82 Å². The highest BCUT2D eigenvalue weighted by Crippen LogP contribution is 2.13. The molecule has 0 saturated heterocycles. The molecular formula is C12H10BrFN2. The highest BCUT2D eigenvalue weighted by atomic mass is 79.9. The average Bonchev–Trinajstić information content (AvgIpc) is 2.27. The van der Waals surface area contributed by atoms with E-state index in [0.717, 1.165) is 15.7 Å². The van der Waals surface area contributed by atoms with Gasteiger partial charge in [-0.1, -0.05) is 6.07 Å². The maximum atomic E-state index is 12.9. The SMILES string of the molecule is Fc1cccc(NCc2cncc(Br)c2)c1. The molecule has 0 spiro atoms. The molecule has 0 bridgehead atoms. The standard InChI is InChI=1S/C12H10BrFN2/c13-10-4-9(6-15-8-10)7-16-12-3-1-2-11(14)5-12/h1-6,8,16H,7H2. The summed E-state index contributed by atoms with van der Waals surface area (Å²) in [6.45, 7) is 0.621. The van der Waals surface area contributed by atoms with Crippen LogP contribution in [0.2, 0.25) is 0 Å². The maximum absolute atomic E-state index is 12.9. The second-order valence-electron chi connectivity index (χ2n) is 3.38. The molecule has 1 aromatic carbocycles. The molecule has 0 atom stereocenters. The Bertz CT molecular complexity index is 442. The number of halogens is 2. The van der Waals surface area contributed by atoms with Crippen molar-refractivity contribution in [2.75, 3.05) is 5.32 Å². The van der Waals surface area contributed by atoms with E-state index in [0.29, 0.717) is 6.54 Å². The van der Waals surface area contributed by atoms with Crippen molar-refractivity contribution in [3.8, 4) is 0 Å². The van der Waals surface area contributed by atoms with Gasteiger partial charge in [0.1, 0.15) is 5.82 Å². The molecule has 0 aliphatic carbocycles. The third-order valence-corrected chi connectivity index (χ3v) is 2.52. The number of pyridine rings is 1. The zero-order valence-corrected chi connectivity index (χ0v) is 10.0. The van der Waals surface area contributed by atoms with Crippen LogP contribution in [0.25, 0.3) is 0 Å². The predicted octanol–water partition coefficient (Wildman–Crippen LogP) is 3.60. The molecule has 0 saturated carbocycles. The molecule has 16 heavy (non-hydrogen) atoms. The van der Waals surface area contributed by atoms with Gasteiger partial charge < -0.3 is 5.32 Å². The van der Waals surface area contributed by atoms with Gasteiger partial charge in [-0.2, -0.15) is 0 Å². The van der Waals surface area contributed by atoms with Crippen molar-refractivity contribution in [2.45, 2.75) is 6.54 Å². The molecule has 2 rings (SSSR count). The Morgan fingerprint density at radius 3 is 2.88 bits per heavy atom. The number of rotatable bonds is 3. The van der Waals surface area contributed by atoms with Gasteiger partial charge in [-0.25, -0.2) is 4.39 Å². The summed E-state index contributed by atoms with van der Waals surface area (Å²) in [5, 5.41) is 3.13. The van der Waals surface area contributed by atoms with Crippen LogP contribution < -0.4 is 5.32 Å². The van der Waals surface area contributed by atoms with Crippen LogP contribution in [0.4, 0.5) is 10.1 Å². The van der Waals surface area contributed by atoms with Gasteiger partial charge in [0.2, 0.25) is 0 Å². The topological polar surface area (TPSA) is 24.9 Å². The lowest BCUT2D eigenvalue weighted by Gasteiger charge is -2.06. The number of nitrogens with one attached hydrogen (secondary N) is 1. The highest BCUT2D eigenvalue weighted by Gasteiger charge is 1.97. The normalized spacial score (nSPS) is 10.1. The van der Waals surface area contributed by atoms with E-state index < -0.39 is 0 Å². The van der Waals surface area contributed by atoms with Gasteiger partial charge in [0.05, 0.1) is 0 Å². The molecule has 2 nitrogen and oxygen atoms in total. The van der Waals surface area contributed by atoms with E-state index in [1.54, 1.807) is 18.5 Å². The molecule has 0 fully saturated rings. The first kappa shape index (κ1) is 11.1. The van der Waals surface area contributed by atoms with E-state index in [1.807, 2.05) is 12.1 Å². The van der Waals surface area contributed by atoms with Crippen LogP contribution >= 0.6 is 15.9 Å². The van der Waals surface area contributed by atoms with Gasteiger partial charge in [0.25, 0.3) is 0 Å². The number of benzene rings is 1. The quantitative estimate of drug-likeness (QED) is 0.929. The van der Waals surface area contributed by atoms with Crippen LogP contribution in [0.15, 0.2) is 47.2 Å². The summed E-state index contributed by atoms with van der Waals surface area (Å²) >= 11 is 3.35. The minimum absolute atomic E-state index is 0.239. The Morgan fingerprint density at radius 2 is 2.12 bits per heavy atom. The van der Waals surface area contributed by atoms with Crippen LogP contribution in [-0.4, -0.2) is 4.98 Å². The van der Waals surface area contributed by atoms with Crippen LogP contribution in [0.5, 0.6) is 0 Å². The summed E-state index contributed by atoms with van der Waals surface area (Å²) in [6, 6.07) is 8.36. The second-order valence-corrected chi connectivity index (χ2v) is 4.29. The van der Waals surface area contributed by atoms with Crippen molar-refractivity contribution in [3.63, 3.8) is 0 Å². The summed E-state index contributed by atoms with van der Waals surface area (Å²) < 4.78 is 13.8. The fraction of sp³-hybridized carbons (Fsp3) is 0.0833. The lowest BCUT2D eigenvalue weighted by atomic mass is 10.2. The average molecular weight is 281 g/mol. The molecule has 1 N–H and O–H groups in total. The first-order valence-electron chi connectivity index (χ1n) is 4.83. The van der Waals surface area contributed by atoms with Crippen molar-refractivity contribution < 1.29 is 4.39 Å². The summed E-state index contributed by atoms with van der Waals surface area (Å²) in [4.78, 5) is 4.05. The Kier molecular flexibility index (Phi) is 3.51. The van der Waals surface area contributed by atoms with Crippen LogP contribution in [0.3, 0.4) is 0 Å². The molecule has 1 aromatic heterocycles. The Labute approximate surface area is 102 Å². The molecule has 0 amide bonds. The Morgan fingerprint density at radius 1 is 1.25 bits per heavy atom. The van der Waals surface area contributed by atoms with E-state index in [-0.39, 0.29) is 5.82 Å². The number of aromatic nitrogens is 1. The number of nitrogens with zero attached hydrogens (tertiary/aromatic N) is 1. The van der Waals surface area contributed by atoms with Crippen molar-refractivity contribution in [1.29, 1.82) is 0 Å². The lowest BCUT2D eigenvalue weighted by molar-refractivity contribution is 0.628. The monoisotopic (exact) mass is 280 g/mol. The van der Waals surface area contributed by atoms with Gasteiger partial charge in [0, 0.05) is 29.1 Å². The molecule has 0 unspecified atom stereocenters. The third kappa shape index (κ3) is 3.03. The Balaban J connectivity index is 2.02. The van der Waals surface area contributed by atoms with E-state index in [9.17, 15) is 4.39 Å². The van der Waals surface area contributed by atoms with Gasteiger partial charge in [-0.3, -0.25) is 4.98 Å². The van der Waals surface area contributed by atoms with E-state index in [4.69, 9.17) is 0 Å². The molecule has 4 heteroatoms. The molecule has 1 heterocycles. The molecule has 0 aliphatic rings. The number of hydrogen-bond donors (Lipinski definition) is 1. The third-order valence-electron chi connectivity index (χ3n) is 2.08. The first-order valence-corrected chi connectivity index (χ1v) is 5.62. The lowest BCUT2D eigenvalue weighted by Crippen LogP contribution is -1.99. The largest absolute Gasteiger partial charge is 0.381 e. The van der Waals surface area contributed by atoms with Gasteiger partial charge in [-0.05, 0) is 45.8 Å². The molecule has 2 aromatic rings. The van der Waals surface area contributed by atoms with Crippen molar-refractivity contribution in [1.82, 2.24) is 4.98 Å². The molecule has 0 radical (unpaired) electrons. The number of anilines is 1. The Hall–Kier alpha value is -1.42. The maximum Gasteiger partial charge on any atom is 0.125 e. The predicted molar refractivity (Wildman–Crippen MR) is 65.7 cm³/mol. The van der Waals surface area contributed by atoms with Crippen molar-refractivity contribution in [3.05, 3.63) is 58.6 Å². The molecule has 0 aliphatic heterocycles. The summed E-state index contributed by atoms with van der Waals surface area (Å²) in [7, 11) is 0. The zero-order chi connectivity index (χ0) is 11.4. The van der Waals surface area contributed by atoms with Crippen LogP contribution in [-0.2, 0) is 6.54 Å². The zero-order valence-electron chi connectivity index (χ0n) is 8.45. The van der Waals surface area contributed by atoms with Crippen molar-refractivity contribution >= 4 is 21.6 Å².